The molecule has 4 aromatic rings. The third-order valence-corrected chi connectivity index (χ3v) is 7.31. The van der Waals surface area contributed by atoms with Crippen molar-refractivity contribution in [2.75, 3.05) is 43.5 Å². The predicted molar refractivity (Wildman–Crippen MR) is 166 cm³/mol. The van der Waals surface area contributed by atoms with Crippen LogP contribution in [0.3, 0.4) is 0 Å². The van der Waals surface area contributed by atoms with Gasteiger partial charge in [-0.25, -0.2) is 14.4 Å². The van der Waals surface area contributed by atoms with Gasteiger partial charge in [-0.3, -0.25) is 9.69 Å². The Morgan fingerprint density at radius 2 is 2.07 bits per heavy atom. The fourth-order valence-electron chi connectivity index (χ4n) is 4.75. The standard InChI is InChI=1S/C32H33ClFN5O4/c1-3-31(40)38-28-16-25-27(17-30(28)42-12-5-10-39-11-13-41-18-21(39)2)35-20-36-32(25)37-24-8-9-29(26(33)15-24)43-19-22-6-4-7-23(34)14-22/h3-4,6-9,14-17,20-21H,1,5,10-13,18-19H2,2H3,(H,38,40)(H,35,36,37). The fraction of sp³-hybridized carbons (Fsp3) is 0.281. The van der Waals surface area contributed by atoms with Crippen LogP contribution >= 0.6 is 11.6 Å². The van der Waals surface area contributed by atoms with E-state index in [1.807, 2.05) is 0 Å². The van der Waals surface area contributed by atoms with Crippen LogP contribution in [0.15, 0.2) is 73.6 Å². The van der Waals surface area contributed by atoms with E-state index >= 15 is 0 Å². The third-order valence-electron chi connectivity index (χ3n) is 7.01. The summed E-state index contributed by atoms with van der Waals surface area (Å²) < 4.78 is 30.9. The highest BCUT2D eigenvalue weighted by molar-refractivity contribution is 6.32. The van der Waals surface area contributed by atoms with Crippen LogP contribution in [0.25, 0.3) is 10.9 Å². The maximum atomic E-state index is 13.5. The average Bonchev–Trinajstić information content (AvgIpc) is 3.00. The van der Waals surface area contributed by atoms with Crippen molar-refractivity contribution in [3.63, 3.8) is 0 Å². The molecule has 1 fully saturated rings. The van der Waals surface area contributed by atoms with E-state index in [1.165, 1.54) is 24.5 Å². The first kappa shape index (κ1) is 30.2. The van der Waals surface area contributed by atoms with Gasteiger partial charge in [0, 0.05) is 36.3 Å². The molecule has 1 amide bonds. The third kappa shape index (κ3) is 7.98. The quantitative estimate of drug-likeness (QED) is 0.142. The number of nitrogens with one attached hydrogen (secondary N) is 2. The molecular formula is C32H33ClFN5O4. The molecule has 3 aromatic carbocycles. The maximum Gasteiger partial charge on any atom is 0.247 e. The second-order valence-corrected chi connectivity index (χ2v) is 10.5. The van der Waals surface area contributed by atoms with E-state index in [1.54, 1.807) is 42.5 Å². The van der Waals surface area contributed by atoms with Crippen LogP contribution in [0.2, 0.25) is 5.02 Å². The second kappa shape index (κ2) is 14.3. The summed E-state index contributed by atoms with van der Waals surface area (Å²) in [6.45, 7) is 9.63. The molecule has 43 heavy (non-hydrogen) atoms. The van der Waals surface area contributed by atoms with Gasteiger partial charge in [0.2, 0.25) is 5.91 Å². The van der Waals surface area contributed by atoms with Gasteiger partial charge in [-0.2, -0.15) is 0 Å². The van der Waals surface area contributed by atoms with E-state index in [2.05, 4.69) is 39.0 Å². The highest BCUT2D eigenvalue weighted by atomic mass is 35.5. The Morgan fingerprint density at radius 3 is 2.86 bits per heavy atom. The minimum atomic E-state index is -0.363. The normalized spacial score (nSPS) is 15.2. The smallest absolute Gasteiger partial charge is 0.247 e. The summed E-state index contributed by atoms with van der Waals surface area (Å²) in [7, 11) is 0. The van der Waals surface area contributed by atoms with Crippen molar-refractivity contribution >= 4 is 45.6 Å². The first-order chi connectivity index (χ1) is 20.9. The molecule has 1 aromatic heterocycles. The minimum Gasteiger partial charge on any atom is -0.491 e. The number of rotatable bonds is 12. The van der Waals surface area contributed by atoms with Crippen molar-refractivity contribution in [1.82, 2.24) is 14.9 Å². The van der Waals surface area contributed by atoms with Crippen molar-refractivity contribution in [2.45, 2.75) is 26.0 Å². The molecule has 0 aliphatic carbocycles. The molecular weight excluding hydrogens is 573 g/mol. The number of morpholine rings is 1. The van der Waals surface area contributed by atoms with Crippen molar-refractivity contribution in [3.8, 4) is 11.5 Å². The number of carbonyl (C=O) groups excluding carboxylic acids is 1. The Balaban J connectivity index is 1.31. The van der Waals surface area contributed by atoms with Gasteiger partial charge in [0.1, 0.15) is 36.1 Å². The zero-order valence-corrected chi connectivity index (χ0v) is 24.6. The fourth-order valence-corrected chi connectivity index (χ4v) is 4.98. The Kier molecular flexibility index (Phi) is 10.0. The summed E-state index contributed by atoms with van der Waals surface area (Å²) in [4.78, 5) is 23.5. The average molecular weight is 606 g/mol. The molecule has 5 rings (SSSR count). The molecule has 1 saturated heterocycles. The van der Waals surface area contributed by atoms with Gasteiger partial charge in [0.15, 0.2) is 0 Å². The Bertz CT molecular complexity index is 1600. The van der Waals surface area contributed by atoms with Gasteiger partial charge in [0.25, 0.3) is 0 Å². The predicted octanol–water partition coefficient (Wildman–Crippen LogP) is 6.36. The monoisotopic (exact) mass is 605 g/mol. The lowest BCUT2D eigenvalue weighted by molar-refractivity contribution is -0.111. The topological polar surface area (TPSA) is 97.8 Å². The molecule has 9 nitrogen and oxygen atoms in total. The Labute approximate surface area is 254 Å². The van der Waals surface area contributed by atoms with Crippen LogP contribution in [-0.4, -0.2) is 59.7 Å². The van der Waals surface area contributed by atoms with E-state index in [0.717, 1.165) is 32.7 Å². The number of fused-ring (bicyclic) bond motifs is 1. The number of anilines is 3. The lowest BCUT2D eigenvalue weighted by atomic mass is 10.1. The molecule has 2 heterocycles. The van der Waals surface area contributed by atoms with Crippen LogP contribution in [0.1, 0.15) is 18.9 Å². The van der Waals surface area contributed by atoms with Gasteiger partial charge < -0.3 is 24.8 Å². The zero-order valence-electron chi connectivity index (χ0n) is 23.8. The molecule has 224 valence electrons. The summed E-state index contributed by atoms with van der Waals surface area (Å²) in [6, 6.07) is 15.4. The van der Waals surface area contributed by atoms with Gasteiger partial charge >= 0.3 is 0 Å². The number of hydrogen-bond acceptors (Lipinski definition) is 8. The maximum absolute atomic E-state index is 13.5. The van der Waals surface area contributed by atoms with Crippen LogP contribution in [-0.2, 0) is 16.1 Å². The molecule has 0 radical (unpaired) electrons. The van der Waals surface area contributed by atoms with Crippen LogP contribution in [0, 0.1) is 5.82 Å². The van der Waals surface area contributed by atoms with Gasteiger partial charge in [-0.05, 0) is 61.4 Å². The SMILES string of the molecule is C=CC(=O)Nc1cc2c(Nc3ccc(OCc4cccc(F)c4)c(Cl)c3)ncnc2cc1OCCCN1CCOCC1C. The largest absolute Gasteiger partial charge is 0.491 e. The number of hydrogen-bond donors (Lipinski definition) is 2. The highest BCUT2D eigenvalue weighted by Gasteiger charge is 2.18. The van der Waals surface area contributed by atoms with E-state index < -0.39 is 0 Å². The Hall–Kier alpha value is -4.25. The number of aromatic nitrogens is 2. The molecule has 1 aliphatic heterocycles. The lowest BCUT2D eigenvalue weighted by Crippen LogP contribution is -2.44. The van der Waals surface area contributed by atoms with Crippen molar-refractivity contribution in [2.24, 2.45) is 0 Å². The molecule has 11 heteroatoms. The molecule has 1 aliphatic rings. The summed E-state index contributed by atoms with van der Waals surface area (Å²) in [5.41, 5.74) is 2.47. The summed E-state index contributed by atoms with van der Waals surface area (Å²) >= 11 is 6.49. The summed E-state index contributed by atoms with van der Waals surface area (Å²) in [5.74, 6) is 0.788. The van der Waals surface area contributed by atoms with Crippen molar-refractivity contribution in [1.29, 1.82) is 0 Å². The number of halogens is 2. The summed E-state index contributed by atoms with van der Waals surface area (Å²) in [5, 5.41) is 7.15. The molecule has 1 atom stereocenters. The van der Waals surface area contributed by atoms with Crippen molar-refractivity contribution in [3.05, 3.63) is 90.0 Å². The highest BCUT2D eigenvalue weighted by Crippen LogP contribution is 2.35. The van der Waals surface area contributed by atoms with Gasteiger partial charge in [0.05, 0.1) is 36.0 Å². The zero-order chi connectivity index (χ0) is 30.2. The molecule has 1 unspecified atom stereocenters. The molecule has 0 spiro atoms. The van der Waals surface area contributed by atoms with E-state index in [0.29, 0.717) is 62.8 Å². The van der Waals surface area contributed by atoms with Crippen molar-refractivity contribution < 1.29 is 23.4 Å². The van der Waals surface area contributed by atoms with E-state index in [-0.39, 0.29) is 18.3 Å². The van der Waals surface area contributed by atoms with E-state index in [4.69, 9.17) is 25.8 Å². The Morgan fingerprint density at radius 1 is 1.19 bits per heavy atom. The molecule has 2 N–H and O–H groups in total. The minimum absolute atomic E-state index is 0.177. The summed E-state index contributed by atoms with van der Waals surface area (Å²) in [6.07, 6.45) is 3.47. The number of ether oxygens (including phenoxy) is 3. The van der Waals surface area contributed by atoms with Gasteiger partial charge in [-0.1, -0.05) is 30.3 Å². The van der Waals surface area contributed by atoms with Gasteiger partial charge in [-0.15, -0.1) is 0 Å². The van der Waals surface area contributed by atoms with E-state index in [9.17, 15) is 9.18 Å². The molecule has 0 bridgehead atoms. The number of nitrogens with zero attached hydrogens (tertiary/aromatic N) is 3. The number of amides is 1. The first-order valence-corrected chi connectivity index (χ1v) is 14.4. The second-order valence-electron chi connectivity index (χ2n) is 10.1. The van der Waals surface area contributed by atoms with Crippen LogP contribution in [0.5, 0.6) is 11.5 Å². The number of carbonyl (C=O) groups is 1. The lowest BCUT2D eigenvalue weighted by Gasteiger charge is -2.33. The first-order valence-electron chi connectivity index (χ1n) is 14.0. The molecule has 0 saturated carbocycles. The van der Waals surface area contributed by atoms with Crippen LogP contribution < -0.4 is 20.1 Å². The van der Waals surface area contributed by atoms with Crippen LogP contribution in [0.4, 0.5) is 21.6 Å². The number of benzene rings is 3.